The van der Waals surface area contributed by atoms with E-state index in [1.807, 2.05) is 12.1 Å². The van der Waals surface area contributed by atoms with Gasteiger partial charge in [0.25, 0.3) is 0 Å². The number of carbonyl (C=O) groups is 1. The molecule has 5 N–H and O–H groups in total. The molecule has 2 bridgehead atoms. The number of ether oxygens (including phenoxy) is 2. The number of methoxy groups -OCH3 is 1. The van der Waals surface area contributed by atoms with E-state index in [4.69, 9.17) is 26.8 Å². The van der Waals surface area contributed by atoms with E-state index in [0.717, 1.165) is 43.5 Å². The number of imidazole rings is 1. The lowest BCUT2D eigenvalue weighted by Gasteiger charge is -2.15. The molecular weight excluding hydrogens is 382 g/mol. The number of benzene rings is 1. The largest absolute Gasteiger partial charge is 0.447 e. The first-order valence-corrected chi connectivity index (χ1v) is 9.78. The lowest BCUT2D eigenvalue weighted by Crippen LogP contribution is -2.16. The van der Waals surface area contributed by atoms with Crippen molar-refractivity contribution in [2.24, 2.45) is 5.73 Å². The second-order valence-corrected chi connectivity index (χ2v) is 7.06. The predicted octanol–water partition coefficient (Wildman–Crippen LogP) is 3.91. The molecule has 0 saturated heterocycles. The van der Waals surface area contributed by atoms with Crippen LogP contribution in [0.15, 0.2) is 18.2 Å². The molecule has 1 aromatic carbocycles. The normalized spacial score (nSPS) is 16.9. The van der Waals surface area contributed by atoms with Crippen LogP contribution in [0.1, 0.15) is 37.5 Å². The van der Waals surface area contributed by atoms with Crippen LogP contribution in [0.3, 0.4) is 0 Å². The predicted molar refractivity (Wildman–Crippen MR) is 110 cm³/mol. The topological polar surface area (TPSA) is 114 Å². The number of hydrogen-bond donors (Lipinski definition) is 4. The van der Waals surface area contributed by atoms with Gasteiger partial charge in [-0.1, -0.05) is 24.4 Å². The Morgan fingerprint density at radius 3 is 3.04 bits per heavy atom. The summed E-state index contributed by atoms with van der Waals surface area (Å²) in [5.41, 5.74) is 9.18. The average Bonchev–Trinajstić information content (AvgIpc) is 3.06. The van der Waals surface area contributed by atoms with E-state index in [-0.39, 0.29) is 12.6 Å². The van der Waals surface area contributed by atoms with Crippen LogP contribution in [0.2, 0.25) is 5.15 Å². The molecule has 8 nitrogen and oxygen atoms in total. The Hall–Kier alpha value is -2.29. The Bertz CT molecular complexity index is 811. The summed E-state index contributed by atoms with van der Waals surface area (Å²) in [6, 6.07) is 5.35. The number of fused-ring (bicyclic) bond motifs is 4. The second-order valence-electron chi connectivity index (χ2n) is 6.68. The minimum atomic E-state index is -0.531. The molecule has 0 radical (unpaired) electrons. The number of rotatable bonds is 4. The molecule has 0 spiro atoms. The van der Waals surface area contributed by atoms with Gasteiger partial charge in [-0.05, 0) is 31.0 Å². The maximum Gasteiger partial charge on any atom is 0.411 e. The number of H-pyrrole nitrogens is 1. The summed E-state index contributed by atoms with van der Waals surface area (Å²) >= 11 is 6.40. The van der Waals surface area contributed by atoms with Gasteiger partial charge in [-0.2, -0.15) is 0 Å². The Morgan fingerprint density at radius 1 is 1.36 bits per heavy atom. The minimum Gasteiger partial charge on any atom is -0.447 e. The van der Waals surface area contributed by atoms with Crippen LogP contribution >= 0.6 is 11.6 Å². The molecule has 1 aromatic heterocycles. The maximum atomic E-state index is 11.9. The molecule has 28 heavy (non-hydrogen) atoms. The van der Waals surface area contributed by atoms with Crippen LogP contribution in [-0.2, 0) is 9.47 Å². The van der Waals surface area contributed by atoms with Crippen LogP contribution in [0, 0.1) is 0 Å². The number of nitrogens with zero attached hydrogens (tertiary/aromatic N) is 1. The molecule has 0 aliphatic carbocycles. The molecule has 0 fully saturated rings. The molecule has 3 rings (SSSR count). The fraction of sp³-hybridized carbons (Fsp3) is 0.474. The van der Waals surface area contributed by atoms with Gasteiger partial charge in [0.15, 0.2) is 0 Å². The Morgan fingerprint density at radius 2 is 2.21 bits per heavy atom. The van der Waals surface area contributed by atoms with Gasteiger partial charge in [0.1, 0.15) is 23.3 Å². The highest BCUT2D eigenvalue weighted by atomic mass is 35.5. The van der Waals surface area contributed by atoms with Crippen molar-refractivity contribution < 1.29 is 14.3 Å². The highest BCUT2D eigenvalue weighted by Gasteiger charge is 2.19. The summed E-state index contributed by atoms with van der Waals surface area (Å²) in [7, 11) is 1.55. The van der Waals surface area contributed by atoms with Gasteiger partial charge in [-0.3, -0.25) is 5.32 Å². The Kier molecular flexibility index (Phi) is 7.13. The highest BCUT2D eigenvalue weighted by Crippen LogP contribution is 2.35. The fourth-order valence-corrected chi connectivity index (χ4v) is 3.34. The van der Waals surface area contributed by atoms with Crippen LogP contribution in [0.25, 0.3) is 11.3 Å². The summed E-state index contributed by atoms with van der Waals surface area (Å²) < 4.78 is 9.92. The molecule has 1 aliphatic heterocycles. The molecule has 152 valence electrons. The third kappa shape index (κ3) is 5.15. The number of nitrogens with two attached hydrogens (primary N) is 1. The van der Waals surface area contributed by atoms with Crippen molar-refractivity contribution in [1.82, 2.24) is 9.97 Å². The quantitative estimate of drug-likeness (QED) is 0.571. The number of nitrogens with one attached hydrogen (secondary N) is 3. The van der Waals surface area contributed by atoms with Gasteiger partial charge >= 0.3 is 6.09 Å². The van der Waals surface area contributed by atoms with E-state index < -0.39 is 6.09 Å². The van der Waals surface area contributed by atoms with E-state index in [2.05, 4.69) is 20.6 Å². The fourth-order valence-electron chi connectivity index (χ4n) is 3.10. The first-order chi connectivity index (χ1) is 13.6. The van der Waals surface area contributed by atoms with Crippen molar-refractivity contribution in [2.75, 3.05) is 37.5 Å². The second kappa shape index (κ2) is 9.77. The molecule has 0 saturated carbocycles. The zero-order valence-electron chi connectivity index (χ0n) is 15.9. The lowest BCUT2D eigenvalue weighted by molar-refractivity contribution is 0.107. The van der Waals surface area contributed by atoms with Crippen LogP contribution in [-0.4, -0.2) is 42.9 Å². The molecule has 0 unspecified atom stereocenters. The summed E-state index contributed by atoms with van der Waals surface area (Å²) in [5.74, 6) is 0.690. The molecule has 1 atom stereocenters. The van der Waals surface area contributed by atoms with Crippen molar-refractivity contribution in [3.05, 3.63) is 29.2 Å². The van der Waals surface area contributed by atoms with Gasteiger partial charge in [-0.25, -0.2) is 9.78 Å². The Labute approximate surface area is 169 Å². The number of aromatic nitrogens is 2. The zero-order chi connectivity index (χ0) is 19.9. The molecule has 1 amide bonds. The summed E-state index contributed by atoms with van der Waals surface area (Å²) in [6.45, 7) is 1.34. The van der Waals surface area contributed by atoms with E-state index in [0.29, 0.717) is 29.0 Å². The molecule has 2 heterocycles. The van der Waals surface area contributed by atoms with Crippen molar-refractivity contribution in [1.29, 1.82) is 0 Å². The number of hydrogen-bond acceptors (Lipinski definition) is 6. The highest BCUT2D eigenvalue weighted by molar-refractivity contribution is 6.32. The smallest absolute Gasteiger partial charge is 0.411 e. The van der Waals surface area contributed by atoms with E-state index >= 15 is 0 Å². The number of carbonyl (C=O) groups excluding carboxylic acids is 1. The molecular formula is C19H26ClN5O3. The monoisotopic (exact) mass is 407 g/mol. The van der Waals surface area contributed by atoms with Gasteiger partial charge < -0.3 is 25.5 Å². The number of anilines is 2. The summed E-state index contributed by atoms with van der Waals surface area (Å²) in [4.78, 5) is 19.6. The van der Waals surface area contributed by atoms with E-state index in [1.165, 1.54) is 0 Å². The van der Waals surface area contributed by atoms with Crippen molar-refractivity contribution in [3.63, 3.8) is 0 Å². The molecule has 1 aliphatic rings. The Balaban J connectivity index is 1.86. The number of halogens is 1. The zero-order valence-corrected chi connectivity index (χ0v) is 16.6. The van der Waals surface area contributed by atoms with Gasteiger partial charge in [0, 0.05) is 30.6 Å². The van der Waals surface area contributed by atoms with Gasteiger partial charge in [0.2, 0.25) is 0 Å². The van der Waals surface area contributed by atoms with Crippen molar-refractivity contribution >= 4 is 29.1 Å². The molecule has 9 heteroatoms. The van der Waals surface area contributed by atoms with E-state index in [9.17, 15) is 4.79 Å². The van der Waals surface area contributed by atoms with Crippen LogP contribution < -0.4 is 16.4 Å². The summed E-state index contributed by atoms with van der Waals surface area (Å²) in [6.07, 6.45) is 3.45. The first kappa shape index (κ1) is 20.4. The molecule has 2 aromatic rings. The van der Waals surface area contributed by atoms with Crippen molar-refractivity contribution in [2.45, 2.75) is 31.7 Å². The number of aromatic amines is 1. The van der Waals surface area contributed by atoms with Gasteiger partial charge in [-0.15, -0.1) is 0 Å². The third-order valence-corrected chi connectivity index (χ3v) is 4.85. The van der Waals surface area contributed by atoms with Crippen molar-refractivity contribution in [3.8, 4) is 11.3 Å². The standard InChI is InChI=1S/C19H26ClN5O3/c1-27-9-10-28-19(26)23-12-6-7-13-15(11-12)22-8-4-2-3-5-14(21)18-24-16(13)17(20)25-18/h6-7,11,14,22H,2-5,8-10,21H2,1H3,(H,23,26)(H,24,25)/t14-/m0/s1. The minimum absolute atomic E-state index is 0.162. The first-order valence-electron chi connectivity index (χ1n) is 9.40. The summed E-state index contributed by atoms with van der Waals surface area (Å²) in [5, 5.41) is 6.60. The van der Waals surface area contributed by atoms with Crippen LogP contribution in [0.5, 0.6) is 0 Å². The SMILES string of the molecule is COCCOC(=O)Nc1ccc2c(c1)NCCCCC[C@H](N)c1nc-2c(Cl)[nH]1. The number of amides is 1. The lowest BCUT2D eigenvalue weighted by atomic mass is 10.1. The van der Waals surface area contributed by atoms with Crippen LogP contribution in [0.4, 0.5) is 16.2 Å². The van der Waals surface area contributed by atoms with E-state index in [1.54, 1.807) is 13.2 Å². The maximum absolute atomic E-state index is 11.9. The average molecular weight is 408 g/mol. The van der Waals surface area contributed by atoms with Gasteiger partial charge in [0.05, 0.1) is 12.6 Å². The third-order valence-electron chi connectivity index (χ3n) is 4.58.